The number of rotatable bonds is 6. The molecule has 0 aromatic heterocycles. The van der Waals surface area contributed by atoms with Crippen LogP contribution in [0.15, 0.2) is 0 Å². The Balaban J connectivity index is 3.48. The summed E-state index contributed by atoms with van der Waals surface area (Å²) in [6.07, 6.45) is 2.16. The lowest BCUT2D eigenvalue weighted by Crippen LogP contribution is -2.33. The summed E-state index contributed by atoms with van der Waals surface area (Å²) in [4.78, 5) is 33.0. The summed E-state index contributed by atoms with van der Waals surface area (Å²) in [5.74, 6) is -0.593. The summed E-state index contributed by atoms with van der Waals surface area (Å²) in [5, 5.41) is 4.85. The third kappa shape index (κ3) is 12.7. The molecule has 6 nitrogen and oxygen atoms in total. The van der Waals surface area contributed by atoms with Crippen LogP contribution in [0.3, 0.4) is 0 Å². The van der Waals surface area contributed by atoms with Gasteiger partial charge in [0.2, 0.25) is 11.8 Å². The Hall–Kier alpha value is -1.59. The summed E-state index contributed by atoms with van der Waals surface area (Å²) in [6, 6.07) is 0. The fraction of sp³-hybridized carbons (Fsp3) is 0.769. The van der Waals surface area contributed by atoms with Crippen LogP contribution in [-0.4, -0.2) is 30.1 Å². The molecule has 110 valence electrons. The Morgan fingerprint density at radius 3 is 2.21 bits per heavy atom. The predicted octanol–water partition coefficient (Wildman–Crippen LogP) is 1.73. The van der Waals surface area contributed by atoms with E-state index in [0.717, 1.165) is 12.8 Å². The summed E-state index contributed by atoms with van der Waals surface area (Å²) >= 11 is 0. The molecule has 0 saturated carbocycles. The molecule has 0 unspecified atom stereocenters. The second-order valence-corrected chi connectivity index (χ2v) is 5.34. The quantitative estimate of drug-likeness (QED) is 0.721. The van der Waals surface area contributed by atoms with Crippen LogP contribution in [0.4, 0.5) is 4.79 Å². The summed E-state index contributed by atoms with van der Waals surface area (Å²) in [7, 11) is 0. The van der Waals surface area contributed by atoms with E-state index >= 15 is 0 Å². The average Bonchev–Trinajstić information content (AvgIpc) is 2.19. The van der Waals surface area contributed by atoms with Crippen molar-refractivity contribution in [3.63, 3.8) is 0 Å². The minimum Gasteiger partial charge on any atom is -0.444 e. The molecule has 0 aliphatic heterocycles. The highest BCUT2D eigenvalue weighted by Gasteiger charge is 2.15. The molecule has 0 bridgehead atoms. The molecular weight excluding hydrogens is 248 g/mol. The first-order valence-corrected chi connectivity index (χ1v) is 6.48. The number of nitrogens with one attached hydrogen (secondary N) is 2. The maximum absolute atomic E-state index is 11.3. The molecule has 0 aliphatic carbocycles. The van der Waals surface area contributed by atoms with Gasteiger partial charge in [0.05, 0.1) is 0 Å². The Kier molecular flexibility index (Phi) is 7.79. The maximum Gasteiger partial charge on any atom is 0.407 e. The topological polar surface area (TPSA) is 84.5 Å². The molecule has 0 aromatic rings. The van der Waals surface area contributed by atoms with Crippen molar-refractivity contribution in [3.8, 4) is 0 Å². The van der Waals surface area contributed by atoms with Gasteiger partial charge >= 0.3 is 6.09 Å². The van der Waals surface area contributed by atoms with Gasteiger partial charge in [-0.15, -0.1) is 0 Å². The van der Waals surface area contributed by atoms with Crippen molar-refractivity contribution in [2.45, 2.75) is 59.0 Å². The first-order valence-electron chi connectivity index (χ1n) is 6.48. The van der Waals surface area contributed by atoms with Crippen LogP contribution in [0.1, 0.15) is 53.4 Å². The Morgan fingerprint density at radius 2 is 1.68 bits per heavy atom. The maximum atomic E-state index is 11.3. The minimum absolute atomic E-state index is 0.257. The van der Waals surface area contributed by atoms with Crippen molar-refractivity contribution in [1.29, 1.82) is 0 Å². The Bertz CT molecular complexity index is 321. The lowest BCUT2D eigenvalue weighted by Gasteiger charge is -2.19. The predicted molar refractivity (Wildman–Crippen MR) is 71.5 cm³/mol. The highest BCUT2D eigenvalue weighted by molar-refractivity contribution is 5.93. The smallest absolute Gasteiger partial charge is 0.407 e. The van der Waals surface area contributed by atoms with Gasteiger partial charge < -0.3 is 10.1 Å². The van der Waals surface area contributed by atoms with Crippen molar-refractivity contribution in [3.05, 3.63) is 0 Å². The zero-order chi connectivity index (χ0) is 14.9. The van der Waals surface area contributed by atoms with Gasteiger partial charge in [0, 0.05) is 19.9 Å². The molecule has 2 N–H and O–H groups in total. The summed E-state index contributed by atoms with van der Waals surface area (Å²) in [5.41, 5.74) is -0.491. The molecule has 3 amide bonds. The largest absolute Gasteiger partial charge is 0.444 e. The van der Waals surface area contributed by atoms with E-state index in [-0.39, 0.29) is 11.8 Å². The molecule has 0 radical (unpaired) electrons. The van der Waals surface area contributed by atoms with E-state index < -0.39 is 11.7 Å². The molecule has 0 aromatic carbocycles. The van der Waals surface area contributed by atoms with Gasteiger partial charge in [-0.3, -0.25) is 14.9 Å². The number of hydrogen-bond acceptors (Lipinski definition) is 4. The molecule has 19 heavy (non-hydrogen) atoms. The second-order valence-electron chi connectivity index (χ2n) is 5.34. The molecular formula is C13H24N2O4. The Morgan fingerprint density at radius 1 is 1.05 bits per heavy atom. The molecule has 0 atom stereocenters. The van der Waals surface area contributed by atoms with Crippen LogP contribution in [0.25, 0.3) is 0 Å². The van der Waals surface area contributed by atoms with Gasteiger partial charge in [0.1, 0.15) is 5.60 Å². The normalized spacial score (nSPS) is 10.7. The highest BCUT2D eigenvalue weighted by atomic mass is 16.6. The summed E-state index contributed by atoms with van der Waals surface area (Å²) < 4.78 is 5.07. The van der Waals surface area contributed by atoms with E-state index in [1.165, 1.54) is 6.92 Å². The third-order valence-electron chi connectivity index (χ3n) is 2.06. The van der Waals surface area contributed by atoms with E-state index in [1.807, 2.05) is 0 Å². The van der Waals surface area contributed by atoms with Crippen molar-refractivity contribution in [1.82, 2.24) is 10.6 Å². The van der Waals surface area contributed by atoms with Crippen molar-refractivity contribution in [2.75, 3.05) is 6.54 Å². The lowest BCUT2D eigenvalue weighted by molar-refractivity contribution is -0.129. The van der Waals surface area contributed by atoms with Gasteiger partial charge in [0.25, 0.3) is 0 Å². The number of imide groups is 1. The zero-order valence-corrected chi connectivity index (χ0v) is 12.2. The number of alkyl carbamates (subject to hydrolysis) is 1. The second kappa shape index (κ2) is 8.50. The monoisotopic (exact) mass is 272 g/mol. The van der Waals surface area contributed by atoms with Gasteiger partial charge in [-0.1, -0.05) is 6.42 Å². The minimum atomic E-state index is -0.491. The van der Waals surface area contributed by atoms with Gasteiger partial charge in [-0.25, -0.2) is 4.79 Å². The van der Waals surface area contributed by atoms with Crippen LogP contribution in [-0.2, 0) is 14.3 Å². The molecule has 0 heterocycles. The fourth-order valence-corrected chi connectivity index (χ4v) is 1.35. The van der Waals surface area contributed by atoms with E-state index in [2.05, 4.69) is 10.6 Å². The molecule has 0 fully saturated rings. The van der Waals surface area contributed by atoms with Crippen molar-refractivity contribution >= 4 is 17.9 Å². The van der Waals surface area contributed by atoms with E-state index in [0.29, 0.717) is 19.4 Å². The molecule has 6 heteroatoms. The van der Waals surface area contributed by atoms with Crippen molar-refractivity contribution < 1.29 is 19.1 Å². The standard InChI is InChI=1S/C13H24N2O4/c1-10(16)15-11(17)8-6-5-7-9-14-12(18)19-13(2,3)4/h5-9H2,1-4H3,(H,14,18)(H,15,16,17). The van der Waals surface area contributed by atoms with Crippen LogP contribution in [0.2, 0.25) is 0 Å². The number of amides is 3. The number of ether oxygens (including phenoxy) is 1. The number of hydrogen-bond donors (Lipinski definition) is 2. The van der Waals surface area contributed by atoms with Gasteiger partial charge in [0.15, 0.2) is 0 Å². The SMILES string of the molecule is CC(=O)NC(=O)CCCCCNC(=O)OC(C)(C)C. The first kappa shape index (κ1) is 17.4. The van der Waals surface area contributed by atoms with Gasteiger partial charge in [-0.05, 0) is 33.6 Å². The van der Waals surface area contributed by atoms with Crippen LogP contribution >= 0.6 is 0 Å². The zero-order valence-electron chi connectivity index (χ0n) is 12.2. The van der Waals surface area contributed by atoms with Gasteiger partial charge in [-0.2, -0.15) is 0 Å². The number of carbonyl (C=O) groups excluding carboxylic acids is 3. The van der Waals surface area contributed by atoms with Crippen molar-refractivity contribution in [2.24, 2.45) is 0 Å². The molecule has 0 aliphatic rings. The Labute approximate surface area is 114 Å². The van der Waals surface area contributed by atoms with E-state index in [9.17, 15) is 14.4 Å². The number of carbonyl (C=O) groups is 3. The van der Waals surface area contributed by atoms with E-state index in [1.54, 1.807) is 20.8 Å². The fourth-order valence-electron chi connectivity index (χ4n) is 1.35. The van der Waals surface area contributed by atoms with E-state index in [4.69, 9.17) is 4.74 Å². The molecule has 0 saturated heterocycles. The summed E-state index contributed by atoms with van der Waals surface area (Å²) in [6.45, 7) is 7.24. The lowest BCUT2D eigenvalue weighted by atomic mass is 10.2. The molecule has 0 spiro atoms. The third-order valence-corrected chi connectivity index (χ3v) is 2.06. The van der Waals surface area contributed by atoms with Crippen LogP contribution in [0, 0.1) is 0 Å². The molecule has 0 rings (SSSR count). The first-order chi connectivity index (χ1) is 8.70. The average molecular weight is 272 g/mol. The highest BCUT2D eigenvalue weighted by Crippen LogP contribution is 2.06. The van der Waals surface area contributed by atoms with Crippen LogP contribution in [0.5, 0.6) is 0 Å². The van der Waals surface area contributed by atoms with Crippen LogP contribution < -0.4 is 10.6 Å². The number of unbranched alkanes of at least 4 members (excludes halogenated alkanes) is 2.